The third-order valence-electron chi connectivity index (χ3n) is 5.29. The van der Waals surface area contributed by atoms with Crippen LogP contribution in [-0.2, 0) is 14.3 Å². The van der Waals surface area contributed by atoms with Gasteiger partial charge < -0.3 is 19.7 Å². The molecule has 1 saturated heterocycles. The first-order valence-corrected chi connectivity index (χ1v) is 10.7. The van der Waals surface area contributed by atoms with Gasteiger partial charge in [0.05, 0.1) is 18.8 Å². The summed E-state index contributed by atoms with van der Waals surface area (Å²) in [6.45, 7) is 2.59. The number of esters is 1. The van der Waals surface area contributed by atoms with E-state index in [1.54, 1.807) is 54.6 Å². The van der Waals surface area contributed by atoms with E-state index in [0.29, 0.717) is 24.5 Å². The third kappa shape index (κ3) is 5.64. The highest BCUT2D eigenvalue weighted by Gasteiger charge is 2.20. The largest absolute Gasteiger partial charge is 0.452 e. The fraction of sp³-hybridized carbons (Fsp3) is 0.192. The molecule has 1 amide bonds. The molecule has 33 heavy (non-hydrogen) atoms. The van der Waals surface area contributed by atoms with Gasteiger partial charge in [-0.2, -0.15) is 0 Å². The van der Waals surface area contributed by atoms with E-state index in [-0.39, 0.29) is 16.9 Å². The van der Waals surface area contributed by atoms with Crippen LogP contribution in [0.2, 0.25) is 0 Å². The summed E-state index contributed by atoms with van der Waals surface area (Å²) in [5, 5.41) is 2.72. The number of ether oxygens (including phenoxy) is 2. The van der Waals surface area contributed by atoms with Gasteiger partial charge in [0.25, 0.3) is 5.91 Å². The number of hydrogen-bond donors (Lipinski definition) is 1. The van der Waals surface area contributed by atoms with Crippen LogP contribution in [0.1, 0.15) is 26.3 Å². The SMILES string of the molecule is O=C(COC(=O)c1ccccc1C(=O)c1ccccc1)Nc1ccc(N2CCOCC2)cc1. The maximum absolute atomic E-state index is 12.8. The van der Waals surface area contributed by atoms with Gasteiger partial charge in [-0.15, -0.1) is 0 Å². The van der Waals surface area contributed by atoms with Gasteiger partial charge >= 0.3 is 5.97 Å². The van der Waals surface area contributed by atoms with Gasteiger partial charge in [0.1, 0.15) is 0 Å². The van der Waals surface area contributed by atoms with Crippen LogP contribution >= 0.6 is 0 Å². The van der Waals surface area contributed by atoms with Gasteiger partial charge in [-0.3, -0.25) is 9.59 Å². The van der Waals surface area contributed by atoms with Crippen LogP contribution in [0.15, 0.2) is 78.9 Å². The van der Waals surface area contributed by atoms with Crippen molar-refractivity contribution in [3.8, 4) is 0 Å². The molecular formula is C26H24N2O5. The van der Waals surface area contributed by atoms with E-state index in [1.807, 2.05) is 18.2 Å². The lowest BCUT2D eigenvalue weighted by Crippen LogP contribution is -2.36. The number of rotatable bonds is 7. The average Bonchev–Trinajstić information content (AvgIpc) is 2.88. The Balaban J connectivity index is 1.34. The zero-order valence-electron chi connectivity index (χ0n) is 18.0. The van der Waals surface area contributed by atoms with E-state index in [4.69, 9.17) is 9.47 Å². The van der Waals surface area contributed by atoms with Crippen LogP contribution in [-0.4, -0.2) is 50.6 Å². The van der Waals surface area contributed by atoms with Crippen LogP contribution in [0.3, 0.4) is 0 Å². The smallest absolute Gasteiger partial charge is 0.339 e. The van der Waals surface area contributed by atoms with Crippen molar-refractivity contribution in [2.45, 2.75) is 0 Å². The Hall–Kier alpha value is -3.97. The molecule has 0 spiro atoms. The van der Waals surface area contributed by atoms with Crippen molar-refractivity contribution in [3.63, 3.8) is 0 Å². The van der Waals surface area contributed by atoms with Crippen molar-refractivity contribution < 1.29 is 23.9 Å². The molecule has 0 saturated carbocycles. The van der Waals surface area contributed by atoms with E-state index < -0.39 is 18.5 Å². The van der Waals surface area contributed by atoms with Gasteiger partial charge in [-0.25, -0.2) is 4.79 Å². The lowest BCUT2D eigenvalue weighted by Gasteiger charge is -2.28. The van der Waals surface area contributed by atoms with E-state index >= 15 is 0 Å². The van der Waals surface area contributed by atoms with Crippen molar-refractivity contribution in [3.05, 3.63) is 95.6 Å². The van der Waals surface area contributed by atoms with E-state index in [0.717, 1.165) is 18.8 Å². The third-order valence-corrected chi connectivity index (χ3v) is 5.29. The Bertz CT molecular complexity index is 1120. The molecule has 1 fully saturated rings. The Labute approximate surface area is 191 Å². The quantitative estimate of drug-likeness (QED) is 0.443. The molecule has 1 aliphatic rings. The molecule has 168 valence electrons. The van der Waals surface area contributed by atoms with Crippen LogP contribution in [0.25, 0.3) is 0 Å². The second-order valence-electron chi connectivity index (χ2n) is 7.51. The lowest BCUT2D eigenvalue weighted by molar-refractivity contribution is -0.119. The maximum Gasteiger partial charge on any atom is 0.339 e. The van der Waals surface area contributed by atoms with Crippen molar-refractivity contribution in [2.75, 3.05) is 43.1 Å². The summed E-state index contributed by atoms with van der Waals surface area (Å²) in [6, 6.07) is 22.6. The summed E-state index contributed by atoms with van der Waals surface area (Å²) in [6.07, 6.45) is 0. The predicted molar refractivity (Wildman–Crippen MR) is 125 cm³/mol. The average molecular weight is 444 g/mol. The van der Waals surface area contributed by atoms with Gasteiger partial charge in [0, 0.05) is 35.6 Å². The highest BCUT2D eigenvalue weighted by molar-refractivity contribution is 6.14. The summed E-state index contributed by atoms with van der Waals surface area (Å²) in [7, 11) is 0. The zero-order valence-corrected chi connectivity index (χ0v) is 18.0. The molecule has 0 aliphatic carbocycles. The van der Waals surface area contributed by atoms with Gasteiger partial charge in [-0.1, -0.05) is 48.5 Å². The second kappa shape index (κ2) is 10.6. The van der Waals surface area contributed by atoms with E-state index in [2.05, 4.69) is 10.2 Å². The van der Waals surface area contributed by atoms with Crippen LogP contribution in [0.5, 0.6) is 0 Å². The number of nitrogens with one attached hydrogen (secondary N) is 1. The van der Waals surface area contributed by atoms with Crippen LogP contribution < -0.4 is 10.2 Å². The Morgan fingerprint density at radius 3 is 2.15 bits per heavy atom. The Morgan fingerprint density at radius 2 is 1.45 bits per heavy atom. The highest BCUT2D eigenvalue weighted by atomic mass is 16.5. The van der Waals surface area contributed by atoms with Crippen molar-refractivity contribution >= 4 is 29.0 Å². The number of benzene rings is 3. The molecule has 4 rings (SSSR count). The van der Waals surface area contributed by atoms with Crippen molar-refractivity contribution in [1.82, 2.24) is 0 Å². The molecule has 7 nitrogen and oxygen atoms in total. The maximum atomic E-state index is 12.8. The molecule has 1 heterocycles. The highest BCUT2D eigenvalue weighted by Crippen LogP contribution is 2.19. The molecule has 1 aliphatic heterocycles. The zero-order chi connectivity index (χ0) is 23.0. The first-order valence-electron chi connectivity index (χ1n) is 10.7. The number of amides is 1. The minimum absolute atomic E-state index is 0.119. The first kappa shape index (κ1) is 22.2. The number of carbonyl (C=O) groups excluding carboxylic acids is 3. The normalized spacial score (nSPS) is 13.3. The van der Waals surface area contributed by atoms with Crippen molar-refractivity contribution in [2.24, 2.45) is 0 Å². The number of anilines is 2. The first-order chi connectivity index (χ1) is 16.1. The Morgan fingerprint density at radius 1 is 0.818 bits per heavy atom. The van der Waals surface area contributed by atoms with Gasteiger partial charge in [0.15, 0.2) is 12.4 Å². The number of ketones is 1. The summed E-state index contributed by atoms with van der Waals surface area (Å²) >= 11 is 0. The number of nitrogens with zero attached hydrogens (tertiary/aromatic N) is 1. The summed E-state index contributed by atoms with van der Waals surface area (Å²) in [5.74, 6) is -1.48. The molecule has 0 unspecified atom stereocenters. The summed E-state index contributed by atoms with van der Waals surface area (Å²) < 4.78 is 10.5. The van der Waals surface area contributed by atoms with Gasteiger partial charge in [-0.05, 0) is 30.3 Å². The summed E-state index contributed by atoms with van der Waals surface area (Å²) in [4.78, 5) is 39.9. The van der Waals surface area contributed by atoms with Gasteiger partial charge in [0.2, 0.25) is 0 Å². The lowest BCUT2D eigenvalue weighted by atomic mass is 9.98. The fourth-order valence-corrected chi connectivity index (χ4v) is 3.59. The fourth-order valence-electron chi connectivity index (χ4n) is 3.59. The summed E-state index contributed by atoms with van der Waals surface area (Å²) in [5.41, 5.74) is 2.48. The molecule has 3 aromatic rings. The van der Waals surface area contributed by atoms with Crippen LogP contribution in [0.4, 0.5) is 11.4 Å². The van der Waals surface area contributed by atoms with Crippen LogP contribution in [0, 0.1) is 0 Å². The number of morpholine rings is 1. The molecule has 0 atom stereocenters. The van der Waals surface area contributed by atoms with E-state index in [1.165, 1.54) is 6.07 Å². The molecule has 3 aromatic carbocycles. The second-order valence-corrected chi connectivity index (χ2v) is 7.51. The standard InChI is InChI=1S/C26H24N2O5/c29-24(27-20-10-12-21(13-11-20)28-14-16-32-17-15-28)18-33-26(31)23-9-5-4-8-22(23)25(30)19-6-2-1-3-7-19/h1-13H,14-18H2,(H,27,29). The number of hydrogen-bond acceptors (Lipinski definition) is 6. The molecule has 7 heteroatoms. The van der Waals surface area contributed by atoms with E-state index in [9.17, 15) is 14.4 Å². The van der Waals surface area contributed by atoms with Crippen molar-refractivity contribution in [1.29, 1.82) is 0 Å². The minimum atomic E-state index is -0.729. The molecule has 1 N–H and O–H groups in total. The molecule has 0 bridgehead atoms. The number of carbonyl (C=O) groups is 3. The predicted octanol–water partition coefficient (Wildman–Crippen LogP) is 3.55. The molecular weight excluding hydrogens is 420 g/mol. The monoisotopic (exact) mass is 444 g/mol. The topological polar surface area (TPSA) is 84.9 Å². The molecule has 0 radical (unpaired) electrons. The molecule has 0 aromatic heterocycles. The Kier molecular flexibility index (Phi) is 7.12. The minimum Gasteiger partial charge on any atom is -0.452 e.